The van der Waals surface area contributed by atoms with Gasteiger partial charge in [0, 0.05) is 0 Å². The maximum absolute atomic E-state index is 4.86. The first-order valence-corrected chi connectivity index (χ1v) is 2.18. The minimum Gasteiger partial charge on any atom is -0.369 e. The number of hydrogen-bond acceptors (Lipinski definition) is 1. The van der Waals surface area contributed by atoms with E-state index in [4.69, 9.17) is 4.74 Å². The fraction of sp³-hybridized carbons (Fsp3) is 0.600. The van der Waals surface area contributed by atoms with Crippen molar-refractivity contribution in [1.29, 1.82) is 0 Å². The number of epoxide rings is 1. The lowest BCUT2D eigenvalue weighted by molar-refractivity contribution is 0.440. The first kappa shape index (κ1) is 3.88. The van der Waals surface area contributed by atoms with Crippen molar-refractivity contribution in [2.45, 2.75) is 13.0 Å². The van der Waals surface area contributed by atoms with Gasteiger partial charge < -0.3 is 4.74 Å². The molecule has 1 aliphatic rings. The standard InChI is InChI=1S/C5H8O/c1-2-3-5-4-6-5/h2-3,5H,4H2,1H3. The average molecular weight is 84.1 g/mol. The van der Waals surface area contributed by atoms with Crippen LogP contribution >= 0.6 is 0 Å². The van der Waals surface area contributed by atoms with Crippen molar-refractivity contribution in [3.05, 3.63) is 12.2 Å². The molecule has 0 aromatic rings. The van der Waals surface area contributed by atoms with Gasteiger partial charge in [-0.05, 0) is 6.92 Å². The monoisotopic (exact) mass is 84.1 g/mol. The summed E-state index contributed by atoms with van der Waals surface area (Å²) >= 11 is 0. The van der Waals surface area contributed by atoms with Crippen LogP contribution in [0, 0.1) is 0 Å². The lowest BCUT2D eigenvalue weighted by Gasteiger charge is -1.66. The molecule has 1 unspecified atom stereocenters. The molecule has 1 heterocycles. The van der Waals surface area contributed by atoms with Crippen LogP contribution in [-0.2, 0) is 4.74 Å². The molecular formula is C5H8O. The molecule has 34 valence electrons. The van der Waals surface area contributed by atoms with Crippen LogP contribution in [0.5, 0.6) is 0 Å². The highest BCUT2D eigenvalue weighted by molar-refractivity contribution is 4.93. The summed E-state index contributed by atoms with van der Waals surface area (Å²) in [7, 11) is 0. The van der Waals surface area contributed by atoms with Crippen LogP contribution in [0.15, 0.2) is 12.2 Å². The normalized spacial score (nSPS) is 31.8. The van der Waals surface area contributed by atoms with E-state index in [1.165, 1.54) is 0 Å². The van der Waals surface area contributed by atoms with Gasteiger partial charge in [0.15, 0.2) is 0 Å². The van der Waals surface area contributed by atoms with E-state index in [9.17, 15) is 0 Å². The van der Waals surface area contributed by atoms with Crippen LogP contribution in [0.2, 0.25) is 0 Å². The second kappa shape index (κ2) is 1.43. The predicted octanol–water partition coefficient (Wildman–Crippen LogP) is 0.961. The highest BCUT2D eigenvalue weighted by atomic mass is 16.6. The van der Waals surface area contributed by atoms with Gasteiger partial charge in [0.25, 0.3) is 0 Å². The molecule has 1 rings (SSSR count). The van der Waals surface area contributed by atoms with Crippen molar-refractivity contribution in [2.75, 3.05) is 6.61 Å². The topological polar surface area (TPSA) is 12.5 Å². The number of rotatable bonds is 1. The molecule has 0 amide bonds. The van der Waals surface area contributed by atoms with Crippen molar-refractivity contribution in [3.8, 4) is 0 Å². The maximum Gasteiger partial charge on any atom is 0.0990 e. The molecule has 0 radical (unpaired) electrons. The Balaban J connectivity index is 2.15. The van der Waals surface area contributed by atoms with Gasteiger partial charge in [-0.15, -0.1) is 0 Å². The van der Waals surface area contributed by atoms with Crippen LogP contribution in [-0.4, -0.2) is 12.7 Å². The molecule has 1 saturated heterocycles. The van der Waals surface area contributed by atoms with Crippen molar-refractivity contribution in [2.24, 2.45) is 0 Å². The van der Waals surface area contributed by atoms with E-state index in [1.54, 1.807) is 0 Å². The van der Waals surface area contributed by atoms with Crippen LogP contribution < -0.4 is 0 Å². The van der Waals surface area contributed by atoms with Gasteiger partial charge in [-0.25, -0.2) is 0 Å². The fourth-order valence-corrected chi connectivity index (χ4v) is 0.381. The Labute approximate surface area is 37.6 Å². The lowest BCUT2D eigenvalue weighted by atomic mass is 10.4. The van der Waals surface area contributed by atoms with Gasteiger partial charge in [-0.2, -0.15) is 0 Å². The Morgan fingerprint density at radius 2 is 2.50 bits per heavy atom. The molecule has 0 aromatic heterocycles. The van der Waals surface area contributed by atoms with E-state index in [1.807, 2.05) is 13.0 Å². The van der Waals surface area contributed by atoms with Crippen LogP contribution in [0.1, 0.15) is 6.92 Å². The summed E-state index contributed by atoms with van der Waals surface area (Å²) in [6.45, 7) is 2.94. The van der Waals surface area contributed by atoms with Gasteiger partial charge in [0.05, 0.1) is 12.7 Å². The summed E-state index contributed by atoms with van der Waals surface area (Å²) in [6, 6.07) is 0. The lowest BCUT2D eigenvalue weighted by Crippen LogP contribution is -1.68. The Kier molecular flexibility index (Phi) is 0.926. The minimum atomic E-state index is 0.468. The van der Waals surface area contributed by atoms with Crippen LogP contribution in [0.3, 0.4) is 0 Å². The molecule has 0 aliphatic carbocycles. The largest absolute Gasteiger partial charge is 0.369 e. The van der Waals surface area contributed by atoms with Gasteiger partial charge in [-0.1, -0.05) is 12.2 Å². The molecule has 1 nitrogen and oxygen atoms in total. The van der Waals surface area contributed by atoms with Gasteiger partial charge in [-0.3, -0.25) is 0 Å². The second-order valence-corrected chi connectivity index (χ2v) is 1.40. The highest BCUT2D eigenvalue weighted by Crippen LogP contribution is 2.08. The molecule has 0 spiro atoms. The molecule has 1 heteroatoms. The first-order chi connectivity index (χ1) is 2.93. The van der Waals surface area contributed by atoms with Crippen molar-refractivity contribution < 1.29 is 4.74 Å². The molecule has 0 aromatic carbocycles. The highest BCUT2D eigenvalue weighted by Gasteiger charge is 2.16. The molecule has 0 saturated carbocycles. The molecule has 0 N–H and O–H groups in total. The zero-order valence-corrected chi connectivity index (χ0v) is 3.85. The Morgan fingerprint density at radius 3 is 2.67 bits per heavy atom. The molecule has 6 heavy (non-hydrogen) atoms. The van der Waals surface area contributed by atoms with E-state index in [-0.39, 0.29) is 0 Å². The van der Waals surface area contributed by atoms with Gasteiger partial charge in [0.2, 0.25) is 0 Å². The molecule has 1 fully saturated rings. The average Bonchev–Trinajstić information content (AvgIpc) is 2.21. The summed E-state index contributed by atoms with van der Waals surface area (Å²) in [4.78, 5) is 0. The second-order valence-electron chi connectivity index (χ2n) is 1.40. The van der Waals surface area contributed by atoms with E-state index >= 15 is 0 Å². The quantitative estimate of drug-likeness (QED) is 0.340. The Morgan fingerprint density at radius 1 is 1.83 bits per heavy atom. The number of ether oxygens (including phenoxy) is 1. The van der Waals surface area contributed by atoms with Crippen molar-refractivity contribution >= 4 is 0 Å². The summed E-state index contributed by atoms with van der Waals surface area (Å²) in [5.41, 5.74) is 0. The molecule has 1 atom stereocenters. The van der Waals surface area contributed by atoms with E-state index in [0.717, 1.165) is 6.61 Å². The Bertz CT molecular complexity index is 62.3. The third kappa shape index (κ3) is 0.830. The Hall–Kier alpha value is -0.300. The number of hydrogen-bond donors (Lipinski definition) is 0. The predicted molar refractivity (Wildman–Crippen MR) is 24.6 cm³/mol. The molecule has 0 bridgehead atoms. The van der Waals surface area contributed by atoms with Crippen molar-refractivity contribution in [1.82, 2.24) is 0 Å². The third-order valence-corrected chi connectivity index (χ3v) is 0.766. The van der Waals surface area contributed by atoms with Gasteiger partial charge in [0.1, 0.15) is 0 Å². The SMILES string of the molecule is CC=CC1CO1. The molecule has 1 aliphatic heterocycles. The van der Waals surface area contributed by atoms with E-state index < -0.39 is 0 Å². The minimum absolute atomic E-state index is 0.468. The van der Waals surface area contributed by atoms with Crippen LogP contribution in [0.25, 0.3) is 0 Å². The maximum atomic E-state index is 4.86. The third-order valence-electron chi connectivity index (χ3n) is 0.766. The zero-order valence-electron chi connectivity index (χ0n) is 3.85. The zero-order chi connectivity index (χ0) is 4.41. The summed E-state index contributed by atoms with van der Waals surface area (Å²) < 4.78 is 4.86. The summed E-state index contributed by atoms with van der Waals surface area (Å²) in [5.74, 6) is 0. The summed E-state index contributed by atoms with van der Waals surface area (Å²) in [6.07, 6.45) is 4.53. The number of allylic oxidation sites excluding steroid dienone is 1. The van der Waals surface area contributed by atoms with E-state index in [2.05, 4.69) is 6.08 Å². The van der Waals surface area contributed by atoms with Gasteiger partial charge >= 0.3 is 0 Å². The first-order valence-electron chi connectivity index (χ1n) is 2.18. The molecular weight excluding hydrogens is 76.1 g/mol. The van der Waals surface area contributed by atoms with E-state index in [0.29, 0.717) is 6.10 Å². The van der Waals surface area contributed by atoms with Crippen LogP contribution in [0.4, 0.5) is 0 Å². The van der Waals surface area contributed by atoms with Crippen molar-refractivity contribution in [3.63, 3.8) is 0 Å². The fourth-order valence-electron chi connectivity index (χ4n) is 0.381. The summed E-state index contributed by atoms with van der Waals surface area (Å²) in [5, 5.41) is 0. The smallest absolute Gasteiger partial charge is 0.0990 e.